The molecule has 1 aliphatic rings. The first kappa shape index (κ1) is 16.4. The van der Waals surface area contributed by atoms with Gasteiger partial charge in [-0.25, -0.2) is 0 Å². The highest BCUT2D eigenvalue weighted by Crippen LogP contribution is 2.49. The van der Waals surface area contributed by atoms with Crippen LogP contribution in [0.15, 0.2) is 42.5 Å². The monoisotopic (exact) mass is 326 g/mol. The number of rotatable bonds is 6. The molecule has 0 radical (unpaired) electrons. The summed E-state index contributed by atoms with van der Waals surface area (Å²) < 4.78 is 16.2. The predicted octanol–water partition coefficient (Wildman–Crippen LogP) is 3.79. The Morgan fingerprint density at radius 3 is 2.25 bits per heavy atom. The minimum absolute atomic E-state index is 0.150. The van der Waals surface area contributed by atoms with Gasteiger partial charge in [0.15, 0.2) is 11.5 Å². The Bertz CT molecular complexity index is 733. The lowest BCUT2D eigenvalue weighted by atomic mass is 9.96. The highest BCUT2D eigenvalue weighted by Gasteiger charge is 2.52. The van der Waals surface area contributed by atoms with Crippen LogP contribution in [0.4, 0.5) is 0 Å². The van der Waals surface area contributed by atoms with Gasteiger partial charge in [0.05, 0.1) is 19.6 Å². The zero-order valence-corrected chi connectivity index (χ0v) is 14.3. The molecule has 0 atom stereocenters. The second-order valence-electron chi connectivity index (χ2n) is 6.16. The summed E-state index contributed by atoms with van der Waals surface area (Å²) in [6.45, 7) is 2.20. The van der Waals surface area contributed by atoms with Crippen molar-refractivity contribution in [2.45, 2.75) is 31.8 Å². The molecule has 0 heterocycles. The quantitative estimate of drug-likeness (QED) is 0.758. The Morgan fingerprint density at radius 1 is 1.04 bits per heavy atom. The lowest BCUT2D eigenvalue weighted by Crippen LogP contribution is -2.23. The molecule has 0 spiro atoms. The predicted molar refractivity (Wildman–Crippen MR) is 91.4 cm³/mol. The molecule has 1 fully saturated rings. The van der Waals surface area contributed by atoms with Crippen LogP contribution in [-0.2, 0) is 21.6 Å². The van der Waals surface area contributed by atoms with Crippen LogP contribution in [0.1, 0.15) is 29.5 Å². The normalized spacial score (nSPS) is 14.8. The fourth-order valence-corrected chi connectivity index (χ4v) is 2.95. The van der Waals surface area contributed by atoms with E-state index in [4.69, 9.17) is 14.2 Å². The van der Waals surface area contributed by atoms with E-state index < -0.39 is 5.41 Å². The van der Waals surface area contributed by atoms with Gasteiger partial charge in [-0.3, -0.25) is 4.79 Å². The molecule has 0 saturated heterocycles. The third-order valence-corrected chi connectivity index (χ3v) is 4.67. The van der Waals surface area contributed by atoms with Crippen LogP contribution in [0, 0.1) is 6.92 Å². The second-order valence-corrected chi connectivity index (χ2v) is 6.16. The van der Waals surface area contributed by atoms with E-state index in [9.17, 15) is 4.79 Å². The summed E-state index contributed by atoms with van der Waals surface area (Å²) in [5.41, 5.74) is 2.51. The first-order chi connectivity index (χ1) is 11.6. The number of benzene rings is 2. The van der Waals surface area contributed by atoms with E-state index in [2.05, 4.69) is 0 Å². The molecule has 24 heavy (non-hydrogen) atoms. The van der Waals surface area contributed by atoms with Crippen LogP contribution in [-0.4, -0.2) is 20.2 Å². The molecule has 0 bridgehead atoms. The summed E-state index contributed by atoms with van der Waals surface area (Å²) >= 11 is 0. The molecule has 2 aromatic carbocycles. The van der Waals surface area contributed by atoms with Crippen LogP contribution in [0.25, 0.3) is 0 Å². The minimum Gasteiger partial charge on any atom is -0.493 e. The number of carbonyl (C=O) groups excluding carboxylic acids is 1. The van der Waals surface area contributed by atoms with E-state index in [1.807, 2.05) is 49.4 Å². The van der Waals surface area contributed by atoms with Gasteiger partial charge in [0.1, 0.15) is 6.61 Å². The first-order valence-electron chi connectivity index (χ1n) is 8.05. The molecular weight excluding hydrogens is 304 g/mol. The van der Waals surface area contributed by atoms with Gasteiger partial charge in [-0.15, -0.1) is 0 Å². The first-order valence-corrected chi connectivity index (χ1v) is 8.05. The zero-order chi connectivity index (χ0) is 17.2. The molecule has 4 nitrogen and oxygen atoms in total. The number of hydrogen-bond donors (Lipinski definition) is 0. The molecule has 1 saturated carbocycles. The van der Waals surface area contributed by atoms with Crippen molar-refractivity contribution in [3.8, 4) is 11.5 Å². The van der Waals surface area contributed by atoms with Gasteiger partial charge in [-0.05, 0) is 48.6 Å². The van der Waals surface area contributed by atoms with Crippen molar-refractivity contribution in [2.75, 3.05) is 14.2 Å². The lowest BCUT2D eigenvalue weighted by molar-refractivity contribution is -0.148. The Balaban J connectivity index is 1.73. The molecule has 3 rings (SSSR count). The average molecular weight is 326 g/mol. The molecule has 0 unspecified atom stereocenters. The molecule has 0 amide bonds. The van der Waals surface area contributed by atoms with Gasteiger partial charge in [0, 0.05) is 0 Å². The Labute approximate surface area is 142 Å². The molecule has 4 heteroatoms. The second kappa shape index (κ2) is 6.56. The van der Waals surface area contributed by atoms with Crippen molar-refractivity contribution < 1.29 is 19.0 Å². The molecule has 1 aliphatic carbocycles. The topological polar surface area (TPSA) is 44.8 Å². The summed E-state index contributed by atoms with van der Waals surface area (Å²) in [7, 11) is 3.20. The summed E-state index contributed by atoms with van der Waals surface area (Å²) in [5.74, 6) is 1.16. The third-order valence-electron chi connectivity index (χ3n) is 4.67. The highest BCUT2D eigenvalue weighted by atomic mass is 16.5. The van der Waals surface area contributed by atoms with Gasteiger partial charge in [-0.1, -0.05) is 30.3 Å². The fraction of sp³-hybridized carbons (Fsp3) is 0.350. The number of methoxy groups -OCH3 is 2. The average Bonchev–Trinajstić information content (AvgIpc) is 3.43. The van der Waals surface area contributed by atoms with E-state index in [1.165, 1.54) is 0 Å². The molecule has 0 N–H and O–H groups in total. The van der Waals surface area contributed by atoms with Gasteiger partial charge < -0.3 is 14.2 Å². The van der Waals surface area contributed by atoms with Crippen LogP contribution >= 0.6 is 0 Å². The maximum atomic E-state index is 12.6. The lowest BCUT2D eigenvalue weighted by Gasteiger charge is -2.17. The van der Waals surface area contributed by atoms with E-state index >= 15 is 0 Å². The van der Waals surface area contributed by atoms with Crippen LogP contribution in [0.2, 0.25) is 0 Å². The molecule has 2 aromatic rings. The minimum atomic E-state index is -0.453. The highest BCUT2D eigenvalue weighted by molar-refractivity contribution is 5.86. The van der Waals surface area contributed by atoms with Crippen LogP contribution in [0.5, 0.6) is 11.5 Å². The van der Waals surface area contributed by atoms with E-state index in [0.717, 1.165) is 29.5 Å². The van der Waals surface area contributed by atoms with Gasteiger partial charge >= 0.3 is 5.97 Å². The summed E-state index contributed by atoms with van der Waals surface area (Å²) in [6.07, 6.45) is 1.70. The van der Waals surface area contributed by atoms with Crippen molar-refractivity contribution in [3.63, 3.8) is 0 Å². The van der Waals surface area contributed by atoms with Crippen LogP contribution in [0.3, 0.4) is 0 Å². The fourth-order valence-electron chi connectivity index (χ4n) is 2.95. The summed E-state index contributed by atoms with van der Waals surface area (Å²) in [6, 6.07) is 13.6. The zero-order valence-electron chi connectivity index (χ0n) is 14.3. The van der Waals surface area contributed by atoms with Crippen molar-refractivity contribution in [1.29, 1.82) is 0 Å². The Kier molecular flexibility index (Phi) is 4.47. The van der Waals surface area contributed by atoms with E-state index in [-0.39, 0.29) is 12.6 Å². The standard InChI is InChI=1S/C20H22O4/c1-14-11-17(22-2)18(23-3)12-15(14)13-24-19(21)20(9-10-20)16-7-5-4-6-8-16/h4-8,11-12H,9-10,13H2,1-3H3. The third kappa shape index (κ3) is 2.96. The van der Waals surface area contributed by atoms with Gasteiger partial charge in [0.25, 0.3) is 0 Å². The Hall–Kier alpha value is -2.49. The summed E-state index contributed by atoms with van der Waals surface area (Å²) in [5, 5.41) is 0. The smallest absolute Gasteiger partial charge is 0.316 e. The molecule has 0 aromatic heterocycles. The SMILES string of the molecule is COc1cc(C)c(COC(=O)C2(c3ccccc3)CC2)cc1OC. The number of esters is 1. The summed E-state index contributed by atoms with van der Waals surface area (Å²) in [4.78, 5) is 12.6. The largest absolute Gasteiger partial charge is 0.493 e. The van der Waals surface area contributed by atoms with E-state index in [0.29, 0.717) is 11.5 Å². The maximum Gasteiger partial charge on any atom is 0.316 e. The number of aryl methyl sites for hydroxylation is 1. The number of hydrogen-bond acceptors (Lipinski definition) is 4. The number of carbonyl (C=O) groups is 1. The van der Waals surface area contributed by atoms with Gasteiger partial charge in [0.2, 0.25) is 0 Å². The molecule has 126 valence electrons. The maximum absolute atomic E-state index is 12.6. The molecule has 0 aliphatic heterocycles. The van der Waals surface area contributed by atoms with Gasteiger partial charge in [-0.2, -0.15) is 0 Å². The van der Waals surface area contributed by atoms with Crippen LogP contribution < -0.4 is 9.47 Å². The number of ether oxygens (including phenoxy) is 3. The van der Waals surface area contributed by atoms with Crippen molar-refractivity contribution in [1.82, 2.24) is 0 Å². The van der Waals surface area contributed by atoms with Crippen molar-refractivity contribution >= 4 is 5.97 Å². The Morgan fingerprint density at radius 2 is 1.67 bits per heavy atom. The van der Waals surface area contributed by atoms with Crippen molar-refractivity contribution in [2.24, 2.45) is 0 Å². The molecular formula is C20H22O4. The van der Waals surface area contributed by atoms with Crippen molar-refractivity contribution in [3.05, 3.63) is 59.2 Å². The van der Waals surface area contributed by atoms with E-state index in [1.54, 1.807) is 14.2 Å².